The molecule has 0 atom stereocenters. The molecule has 4 heteroatoms. The number of aryl methyl sites for hydroxylation is 2. The molecule has 1 heterocycles. The van der Waals surface area contributed by atoms with Crippen LogP contribution in [0, 0.1) is 6.92 Å². The van der Waals surface area contributed by atoms with E-state index in [0.717, 1.165) is 26.6 Å². The van der Waals surface area contributed by atoms with Crippen LogP contribution in [0.3, 0.4) is 0 Å². The number of hydrogen-bond donors (Lipinski definition) is 1. The first-order valence-electron chi connectivity index (χ1n) is 6.69. The standard InChI is InChI=1S/C17H15BrN2O/c1-11-6-5-7-12(10-11)19-17(21)16-15(18)13-8-3-4-9-14(13)20(16)2/h3-10H,1-2H3,(H,19,21). The molecule has 0 unspecified atom stereocenters. The Morgan fingerprint density at radius 2 is 1.90 bits per heavy atom. The van der Waals surface area contributed by atoms with Gasteiger partial charge in [0.25, 0.3) is 5.91 Å². The largest absolute Gasteiger partial charge is 0.339 e. The molecule has 106 valence electrons. The van der Waals surface area contributed by atoms with Gasteiger partial charge in [-0.2, -0.15) is 0 Å². The number of anilines is 1. The minimum absolute atomic E-state index is 0.119. The Hall–Kier alpha value is -2.07. The summed E-state index contributed by atoms with van der Waals surface area (Å²) in [7, 11) is 1.90. The molecular formula is C17H15BrN2O. The van der Waals surface area contributed by atoms with Crippen LogP contribution in [0.2, 0.25) is 0 Å². The molecule has 3 nitrogen and oxygen atoms in total. The van der Waals surface area contributed by atoms with Crippen LogP contribution in [-0.2, 0) is 7.05 Å². The zero-order valence-electron chi connectivity index (χ0n) is 11.9. The van der Waals surface area contributed by atoms with Crippen molar-refractivity contribution in [2.45, 2.75) is 6.92 Å². The third kappa shape index (κ3) is 2.47. The van der Waals surface area contributed by atoms with E-state index in [1.165, 1.54) is 0 Å². The van der Waals surface area contributed by atoms with Crippen LogP contribution in [0.25, 0.3) is 10.9 Å². The van der Waals surface area contributed by atoms with E-state index in [2.05, 4.69) is 21.2 Å². The molecule has 1 N–H and O–H groups in total. The Labute approximate surface area is 131 Å². The third-order valence-corrected chi connectivity index (χ3v) is 4.34. The summed E-state index contributed by atoms with van der Waals surface area (Å²) in [5, 5.41) is 3.99. The molecule has 1 amide bonds. The molecular weight excluding hydrogens is 328 g/mol. The van der Waals surface area contributed by atoms with Gasteiger partial charge in [-0.05, 0) is 46.6 Å². The molecule has 0 aliphatic rings. The van der Waals surface area contributed by atoms with Crippen LogP contribution >= 0.6 is 15.9 Å². The second kappa shape index (κ2) is 5.37. The van der Waals surface area contributed by atoms with E-state index < -0.39 is 0 Å². The summed E-state index contributed by atoms with van der Waals surface area (Å²) >= 11 is 3.55. The molecule has 2 aromatic carbocycles. The first kappa shape index (κ1) is 13.9. The lowest BCUT2D eigenvalue weighted by molar-refractivity contribution is 0.101. The van der Waals surface area contributed by atoms with Crippen LogP contribution in [0.1, 0.15) is 16.1 Å². The molecule has 0 bridgehead atoms. The fourth-order valence-corrected chi connectivity index (χ4v) is 3.29. The molecule has 3 rings (SSSR count). The average molecular weight is 343 g/mol. The lowest BCUT2D eigenvalue weighted by atomic mass is 10.2. The summed E-state index contributed by atoms with van der Waals surface area (Å²) < 4.78 is 2.73. The lowest BCUT2D eigenvalue weighted by Crippen LogP contribution is -2.16. The van der Waals surface area contributed by atoms with Crippen molar-refractivity contribution in [2.24, 2.45) is 7.05 Å². The molecule has 21 heavy (non-hydrogen) atoms. The highest BCUT2D eigenvalue weighted by Gasteiger charge is 2.19. The van der Waals surface area contributed by atoms with Crippen molar-refractivity contribution >= 4 is 38.4 Å². The maximum absolute atomic E-state index is 12.6. The van der Waals surface area contributed by atoms with Gasteiger partial charge in [0.1, 0.15) is 5.69 Å². The smallest absolute Gasteiger partial charge is 0.273 e. The summed E-state index contributed by atoms with van der Waals surface area (Å²) in [5.41, 5.74) is 3.57. The number of aromatic nitrogens is 1. The van der Waals surface area contributed by atoms with Gasteiger partial charge in [0, 0.05) is 23.6 Å². The Bertz CT molecular complexity index is 797. The van der Waals surface area contributed by atoms with Crippen LogP contribution in [-0.4, -0.2) is 10.5 Å². The number of para-hydroxylation sites is 1. The van der Waals surface area contributed by atoms with E-state index in [-0.39, 0.29) is 5.91 Å². The van der Waals surface area contributed by atoms with Crippen LogP contribution in [0.4, 0.5) is 5.69 Å². The Morgan fingerprint density at radius 3 is 2.62 bits per heavy atom. The molecule has 0 aliphatic carbocycles. The predicted molar refractivity (Wildman–Crippen MR) is 89.8 cm³/mol. The Balaban J connectivity index is 2.02. The first-order chi connectivity index (χ1) is 10.1. The lowest BCUT2D eigenvalue weighted by Gasteiger charge is -2.08. The minimum Gasteiger partial charge on any atom is -0.339 e. The second-order valence-corrected chi connectivity index (χ2v) is 5.86. The number of hydrogen-bond acceptors (Lipinski definition) is 1. The summed E-state index contributed by atoms with van der Waals surface area (Å²) in [4.78, 5) is 12.6. The molecule has 0 spiro atoms. The molecule has 0 saturated heterocycles. The number of nitrogens with one attached hydrogen (secondary N) is 1. The third-order valence-electron chi connectivity index (χ3n) is 3.54. The van der Waals surface area contributed by atoms with Crippen molar-refractivity contribution in [3.63, 3.8) is 0 Å². The summed E-state index contributed by atoms with van der Waals surface area (Å²) in [6.07, 6.45) is 0. The van der Waals surface area contributed by atoms with Crippen molar-refractivity contribution in [3.05, 3.63) is 64.3 Å². The minimum atomic E-state index is -0.119. The van der Waals surface area contributed by atoms with Gasteiger partial charge in [0.05, 0.1) is 4.47 Å². The van der Waals surface area contributed by atoms with Crippen molar-refractivity contribution in [1.29, 1.82) is 0 Å². The molecule has 3 aromatic rings. The van der Waals surface area contributed by atoms with E-state index in [9.17, 15) is 4.79 Å². The highest BCUT2D eigenvalue weighted by molar-refractivity contribution is 9.10. The van der Waals surface area contributed by atoms with E-state index in [0.29, 0.717) is 5.69 Å². The van der Waals surface area contributed by atoms with Crippen molar-refractivity contribution in [2.75, 3.05) is 5.32 Å². The number of carbonyl (C=O) groups is 1. The number of halogens is 1. The maximum atomic E-state index is 12.6. The van der Waals surface area contributed by atoms with Crippen LogP contribution in [0.15, 0.2) is 53.0 Å². The van der Waals surface area contributed by atoms with E-state index >= 15 is 0 Å². The molecule has 0 saturated carbocycles. The number of amides is 1. The highest BCUT2D eigenvalue weighted by Crippen LogP contribution is 2.30. The van der Waals surface area contributed by atoms with Gasteiger partial charge in [-0.1, -0.05) is 30.3 Å². The van der Waals surface area contributed by atoms with E-state index in [1.807, 2.05) is 67.1 Å². The number of benzene rings is 2. The topological polar surface area (TPSA) is 34.0 Å². The quantitative estimate of drug-likeness (QED) is 0.730. The Kier molecular flexibility index (Phi) is 3.55. The summed E-state index contributed by atoms with van der Waals surface area (Å²) in [6, 6.07) is 15.7. The van der Waals surface area contributed by atoms with Gasteiger partial charge in [0.2, 0.25) is 0 Å². The van der Waals surface area contributed by atoms with Crippen molar-refractivity contribution in [1.82, 2.24) is 4.57 Å². The second-order valence-electron chi connectivity index (χ2n) is 5.06. The number of rotatable bonds is 2. The van der Waals surface area contributed by atoms with Crippen molar-refractivity contribution in [3.8, 4) is 0 Å². The summed E-state index contributed by atoms with van der Waals surface area (Å²) in [5.74, 6) is -0.119. The fraction of sp³-hybridized carbons (Fsp3) is 0.118. The average Bonchev–Trinajstić information content (AvgIpc) is 2.71. The van der Waals surface area contributed by atoms with Gasteiger partial charge in [-0.15, -0.1) is 0 Å². The molecule has 1 aromatic heterocycles. The maximum Gasteiger partial charge on any atom is 0.273 e. The fourth-order valence-electron chi connectivity index (χ4n) is 2.51. The number of carbonyl (C=O) groups excluding carboxylic acids is 1. The highest BCUT2D eigenvalue weighted by atomic mass is 79.9. The normalized spacial score (nSPS) is 10.8. The number of nitrogens with zero attached hydrogens (tertiary/aromatic N) is 1. The SMILES string of the molecule is Cc1cccc(NC(=O)c2c(Br)c3ccccc3n2C)c1. The monoisotopic (exact) mass is 342 g/mol. The first-order valence-corrected chi connectivity index (χ1v) is 7.48. The zero-order chi connectivity index (χ0) is 15.0. The van der Waals surface area contributed by atoms with E-state index in [4.69, 9.17) is 0 Å². The van der Waals surface area contributed by atoms with Gasteiger partial charge < -0.3 is 9.88 Å². The molecule has 0 aliphatic heterocycles. The summed E-state index contributed by atoms with van der Waals surface area (Å²) in [6.45, 7) is 2.00. The van der Waals surface area contributed by atoms with Crippen LogP contribution in [0.5, 0.6) is 0 Å². The molecule has 0 fully saturated rings. The van der Waals surface area contributed by atoms with Gasteiger partial charge in [-0.25, -0.2) is 0 Å². The van der Waals surface area contributed by atoms with E-state index in [1.54, 1.807) is 0 Å². The van der Waals surface area contributed by atoms with Gasteiger partial charge in [0.15, 0.2) is 0 Å². The molecule has 0 radical (unpaired) electrons. The zero-order valence-corrected chi connectivity index (χ0v) is 13.4. The van der Waals surface area contributed by atoms with Crippen LogP contribution < -0.4 is 5.32 Å². The van der Waals surface area contributed by atoms with Gasteiger partial charge >= 0.3 is 0 Å². The predicted octanol–water partition coefficient (Wildman–Crippen LogP) is 4.50. The van der Waals surface area contributed by atoms with Crippen molar-refractivity contribution < 1.29 is 4.79 Å². The Morgan fingerprint density at radius 1 is 1.14 bits per heavy atom. The number of fused-ring (bicyclic) bond motifs is 1. The van der Waals surface area contributed by atoms with Gasteiger partial charge in [-0.3, -0.25) is 4.79 Å².